The fourth-order valence-corrected chi connectivity index (χ4v) is 2.27. The second-order valence-corrected chi connectivity index (χ2v) is 5.10. The lowest BCUT2D eigenvalue weighted by Gasteiger charge is -2.08. The van der Waals surface area contributed by atoms with Crippen molar-refractivity contribution in [3.8, 4) is 28.6 Å². The molecule has 6 heteroatoms. The van der Waals surface area contributed by atoms with Gasteiger partial charge in [0.05, 0.1) is 11.3 Å². The molecule has 0 aliphatic carbocycles. The maximum Gasteiger partial charge on any atom is 0.350 e. The molecule has 3 rings (SSSR count). The van der Waals surface area contributed by atoms with Crippen molar-refractivity contribution in [2.24, 2.45) is 7.05 Å². The number of aryl methyl sites for hydroxylation is 2. The zero-order valence-corrected chi connectivity index (χ0v) is 12.2. The maximum absolute atomic E-state index is 12.4. The normalized spacial score (nSPS) is 10.8. The van der Waals surface area contributed by atoms with Gasteiger partial charge in [0.25, 0.3) is 0 Å². The monoisotopic (exact) mass is 297 g/mol. The topological polar surface area (TPSA) is 80.3 Å². The van der Waals surface area contributed by atoms with Crippen LogP contribution in [0.4, 0.5) is 0 Å². The van der Waals surface area contributed by atoms with E-state index in [0.29, 0.717) is 17.1 Å². The average molecular weight is 297 g/mol. The lowest BCUT2D eigenvalue weighted by molar-refractivity contribution is 0.451. The van der Waals surface area contributed by atoms with Gasteiger partial charge in [-0.25, -0.2) is 14.0 Å². The van der Waals surface area contributed by atoms with Crippen molar-refractivity contribution in [3.05, 3.63) is 58.5 Å². The molecular formula is C16H15N3O3. The molecule has 1 aromatic heterocycles. The van der Waals surface area contributed by atoms with Crippen molar-refractivity contribution in [1.29, 1.82) is 0 Å². The minimum absolute atomic E-state index is 0.0542. The van der Waals surface area contributed by atoms with Gasteiger partial charge in [0.15, 0.2) is 5.82 Å². The average Bonchev–Trinajstić information content (AvgIpc) is 2.76. The fourth-order valence-electron chi connectivity index (χ4n) is 2.27. The van der Waals surface area contributed by atoms with E-state index in [1.165, 1.54) is 27.4 Å². The number of nitrogens with zero attached hydrogens (tertiary/aromatic N) is 3. The number of aromatic nitrogens is 3. The third kappa shape index (κ3) is 2.24. The van der Waals surface area contributed by atoms with Crippen LogP contribution in [0.5, 0.6) is 11.5 Å². The molecule has 0 bridgehead atoms. The Hall–Kier alpha value is -3.02. The number of aromatic hydroxyl groups is 2. The van der Waals surface area contributed by atoms with Gasteiger partial charge in [-0.1, -0.05) is 17.7 Å². The van der Waals surface area contributed by atoms with E-state index in [2.05, 4.69) is 5.10 Å². The van der Waals surface area contributed by atoms with Crippen molar-refractivity contribution in [3.63, 3.8) is 0 Å². The number of hydrogen-bond acceptors (Lipinski definition) is 4. The van der Waals surface area contributed by atoms with E-state index >= 15 is 0 Å². The molecule has 0 amide bonds. The Morgan fingerprint density at radius 1 is 1.05 bits per heavy atom. The van der Waals surface area contributed by atoms with Crippen LogP contribution in [0.25, 0.3) is 17.1 Å². The van der Waals surface area contributed by atoms with Crippen molar-refractivity contribution in [2.75, 3.05) is 0 Å². The highest BCUT2D eigenvalue weighted by molar-refractivity contribution is 5.66. The van der Waals surface area contributed by atoms with Gasteiger partial charge >= 0.3 is 5.69 Å². The zero-order chi connectivity index (χ0) is 15.9. The van der Waals surface area contributed by atoms with E-state index in [1.807, 2.05) is 31.2 Å². The summed E-state index contributed by atoms with van der Waals surface area (Å²) in [6.45, 7) is 1.96. The first-order chi connectivity index (χ1) is 10.5. The van der Waals surface area contributed by atoms with Gasteiger partial charge in [0.1, 0.15) is 11.5 Å². The van der Waals surface area contributed by atoms with Crippen LogP contribution in [0.1, 0.15) is 5.56 Å². The Balaban J connectivity index is 2.27. The van der Waals surface area contributed by atoms with Crippen LogP contribution >= 0.6 is 0 Å². The largest absolute Gasteiger partial charge is 0.508 e. The van der Waals surface area contributed by atoms with Crippen LogP contribution in [0.15, 0.2) is 47.3 Å². The number of phenols is 2. The molecule has 112 valence electrons. The first kappa shape index (κ1) is 13.9. The molecule has 0 saturated carbocycles. The molecular weight excluding hydrogens is 282 g/mol. The van der Waals surface area contributed by atoms with Crippen molar-refractivity contribution in [1.82, 2.24) is 14.3 Å². The minimum Gasteiger partial charge on any atom is -0.508 e. The highest BCUT2D eigenvalue weighted by atomic mass is 16.3. The summed E-state index contributed by atoms with van der Waals surface area (Å²) >= 11 is 0. The van der Waals surface area contributed by atoms with E-state index in [0.717, 1.165) is 5.56 Å². The third-order valence-corrected chi connectivity index (χ3v) is 3.44. The maximum atomic E-state index is 12.4. The summed E-state index contributed by atoms with van der Waals surface area (Å²) in [4.78, 5) is 12.4. The number of hydrogen-bond donors (Lipinski definition) is 2. The number of benzene rings is 2. The highest BCUT2D eigenvalue weighted by Gasteiger charge is 2.18. The second-order valence-electron chi connectivity index (χ2n) is 5.10. The summed E-state index contributed by atoms with van der Waals surface area (Å²) in [6, 6.07) is 11.6. The molecule has 0 atom stereocenters. The van der Waals surface area contributed by atoms with E-state index in [9.17, 15) is 15.0 Å². The lowest BCUT2D eigenvalue weighted by atomic mass is 10.1. The SMILES string of the molecule is Cc1ccc(-n2c(-c3ccc(O)cc3O)nn(C)c2=O)cc1. The molecule has 6 nitrogen and oxygen atoms in total. The smallest absolute Gasteiger partial charge is 0.350 e. The molecule has 0 unspecified atom stereocenters. The summed E-state index contributed by atoms with van der Waals surface area (Å²) < 4.78 is 2.63. The Kier molecular flexibility index (Phi) is 3.21. The van der Waals surface area contributed by atoms with Crippen LogP contribution in [-0.2, 0) is 7.05 Å². The van der Waals surface area contributed by atoms with Crippen LogP contribution in [0.2, 0.25) is 0 Å². The molecule has 0 fully saturated rings. The van der Waals surface area contributed by atoms with E-state index in [1.54, 1.807) is 7.05 Å². The molecule has 3 aromatic rings. The predicted octanol–water partition coefficient (Wildman–Crippen LogP) is 1.96. The van der Waals surface area contributed by atoms with Gasteiger partial charge in [-0.15, -0.1) is 5.10 Å². The van der Waals surface area contributed by atoms with Crippen LogP contribution in [-0.4, -0.2) is 24.6 Å². The van der Waals surface area contributed by atoms with E-state index in [-0.39, 0.29) is 17.2 Å². The van der Waals surface area contributed by atoms with Gasteiger partial charge in [-0.3, -0.25) is 0 Å². The molecule has 22 heavy (non-hydrogen) atoms. The van der Waals surface area contributed by atoms with Gasteiger partial charge in [-0.05, 0) is 31.2 Å². The first-order valence-corrected chi connectivity index (χ1v) is 6.73. The Bertz CT molecular complexity index is 892. The van der Waals surface area contributed by atoms with Crippen molar-refractivity contribution >= 4 is 0 Å². The summed E-state index contributed by atoms with van der Waals surface area (Å²) in [5, 5.41) is 23.6. The lowest BCUT2D eigenvalue weighted by Crippen LogP contribution is -2.21. The highest BCUT2D eigenvalue weighted by Crippen LogP contribution is 2.31. The first-order valence-electron chi connectivity index (χ1n) is 6.73. The number of phenolic OH excluding ortho intramolecular Hbond substituents is 2. The minimum atomic E-state index is -0.314. The van der Waals surface area contributed by atoms with Gasteiger partial charge in [-0.2, -0.15) is 0 Å². The summed E-state index contributed by atoms with van der Waals surface area (Å²) in [5.74, 6) is 0.120. The molecule has 0 radical (unpaired) electrons. The molecule has 2 N–H and O–H groups in total. The molecule has 2 aromatic carbocycles. The molecule has 0 aliphatic rings. The fraction of sp³-hybridized carbons (Fsp3) is 0.125. The van der Waals surface area contributed by atoms with E-state index in [4.69, 9.17) is 0 Å². The summed E-state index contributed by atoms with van der Waals surface area (Å²) in [6.07, 6.45) is 0. The van der Waals surface area contributed by atoms with Crippen molar-refractivity contribution in [2.45, 2.75) is 6.92 Å². The van der Waals surface area contributed by atoms with Crippen LogP contribution < -0.4 is 5.69 Å². The predicted molar refractivity (Wildman–Crippen MR) is 82.3 cm³/mol. The molecule has 0 spiro atoms. The molecule has 0 aliphatic heterocycles. The Morgan fingerprint density at radius 3 is 2.36 bits per heavy atom. The number of rotatable bonds is 2. The standard InChI is InChI=1S/C16H15N3O3/c1-10-3-5-11(6-4-10)19-15(17-18(2)16(19)22)13-8-7-12(20)9-14(13)21/h3-9,20-21H,1-2H3. The van der Waals surface area contributed by atoms with Crippen LogP contribution in [0, 0.1) is 6.92 Å². The summed E-state index contributed by atoms with van der Waals surface area (Å²) in [7, 11) is 1.55. The molecule has 0 saturated heterocycles. The second kappa shape index (κ2) is 5.07. The summed E-state index contributed by atoms with van der Waals surface area (Å²) in [5.41, 5.74) is 1.79. The van der Waals surface area contributed by atoms with Gasteiger partial charge < -0.3 is 10.2 Å². The Labute approximate surface area is 126 Å². The van der Waals surface area contributed by atoms with Gasteiger partial charge in [0, 0.05) is 13.1 Å². The van der Waals surface area contributed by atoms with Crippen molar-refractivity contribution < 1.29 is 10.2 Å². The van der Waals surface area contributed by atoms with E-state index < -0.39 is 0 Å². The molecule has 1 heterocycles. The van der Waals surface area contributed by atoms with Gasteiger partial charge in [0.2, 0.25) is 0 Å². The third-order valence-electron chi connectivity index (χ3n) is 3.44. The zero-order valence-electron chi connectivity index (χ0n) is 12.2. The van der Waals surface area contributed by atoms with Crippen LogP contribution in [0.3, 0.4) is 0 Å². The quantitative estimate of drug-likeness (QED) is 0.757. The Morgan fingerprint density at radius 2 is 1.73 bits per heavy atom.